The second kappa shape index (κ2) is 9.50. The van der Waals surface area contributed by atoms with Crippen molar-refractivity contribution in [3.63, 3.8) is 0 Å². The third-order valence-corrected chi connectivity index (χ3v) is 6.56. The van der Waals surface area contributed by atoms with Crippen molar-refractivity contribution >= 4 is 34.6 Å². The van der Waals surface area contributed by atoms with Crippen LogP contribution in [0.15, 0.2) is 61.0 Å². The van der Waals surface area contributed by atoms with Gasteiger partial charge in [-0.25, -0.2) is 4.98 Å². The highest BCUT2D eigenvalue weighted by atomic mass is 32.1. The van der Waals surface area contributed by atoms with E-state index in [1.807, 2.05) is 55.7 Å². The van der Waals surface area contributed by atoms with Crippen LogP contribution in [0.5, 0.6) is 0 Å². The topological polar surface area (TPSA) is 72.3 Å². The van der Waals surface area contributed by atoms with Gasteiger partial charge >= 0.3 is 6.18 Å². The van der Waals surface area contributed by atoms with Crippen molar-refractivity contribution in [3.8, 4) is 6.07 Å². The molecular weight excluding hydrogens is 475 g/mol. The standard InChI is InChI=1S/C25H22F3N5OS/c1-30-13-4-2-3-6-17-7-9-18(10-8-17)33-23(35)32(22(34)24(33)11-5-12-24)19-14-20(25(26,27)28)21(15-29)31-16-19/h2-4,7-10,13-14,16,30H,5-6,11-12H2,1H3/b3-2-,13-4-. The smallest absolute Gasteiger partial charge is 0.394 e. The van der Waals surface area contributed by atoms with Gasteiger partial charge in [-0.1, -0.05) is 24.3 Å². The van der Waals surface area contributed by atoms with Gasteiger partial charge in [0.2, 0.25) is 0 Å². The molecule has 2 aromatic rings. The van der Waals surface area contributed by atoms with E-state index in [0.717, 1.165) is 29.1 Å². The lowest BCUT2D eigenvalue weighted by molar-refractivity contribution is -0.138. The number of anilines is 2. The second-order valence-electron chi connectivity index (χ2n) is 8.29. The van der Waals surface area contributed by atoms with Gasteiger partial charge in [0.05, 0.1) is 17.4 Å². The highest BCUT2D eigenvalue weighted by Gasteiger charge is 2.59. The van der Waals surface area contributed by atoms with E-state index in [4.69, 9.17) is 17.5 Å². The van der Waals surface area contributed by atoms with E-state index in [0.29, 0.717) is 24.9 Å². The molecule has 10 heteroatoms. The van der Waals surface area contributed by atoms with Crippen molar-refractivity contribution < 1.29 is 18.0 Å². The number of benzene rings is 1. The number of aromatic nitrogens is 1. The number of carbonyl (C=O) groups is 1. The minimum Gasteiger partial charge on any atom is -0.394 e. The number of hydrogen-bond acceptors (Lipinski definition) is 5. The number of rotatable bonds is 6. The average molecular weight is 498 g/mol. The molecule has 0 radical (unpaired) electrons. The third kappa shape index (κ3) is 4.39. The Hall–Kier alpha value is -3.71. The Morgan fingerprint density at radius 1 is 1.23 bits per heavy atom. The Labute approximate surface area is 206 Å². The van der Waals surface area contributed by atoms with Crippen molar-refractivity contribution in [2.24, 2.45) is 0 Å². The predicted octanol–water partition coefficient (Wildman–Crippen LogP) is 4.86. The number of halogens is 3. The number of carbonyl (C=O) groups excluding carboxylic acids is 1. The van der Waals surface area contributed by atoms with Crippen LogP contribution in [0.3, 0.4) is 0 Å². The number of allylic oxidation sites excluding steroid dienone is 3. The normalized spacial score (nSPS) is 17.5. The fraction of sp³-hybridized carbons (Fsp3) is 0.280. The third-order valence-electron chi connectivity index (χ3n) is 6.19. The highest BCUT2D eigenvalue weighted by molar-refractivity contribution is 7.81. The first-order valence-corrected chi connectivity index (χ1v) is 11.4. The van der Waals surface area contributed by atoms with Gasteiger partial charge in [-0.15, -0.1) is 0 Å². The minimum absolute atomic E-state index is 0.0965. The van der Waals surface area contributed by atoms with E-state index in [1.54, 1.807) is 4.90 Å². The number of hydrogen-bond donors (Lipinski definition) is 1. The first kappa shape index (κ1) is 24.4. The minimum atomic E-state index is -4.79. The summed E-state index contributed by atoms with van der Waals surface area (Å²) in [6.45, 7) is 0. The monoisotopic (exact) mass is 497 g/mol. The van der Waals surface area contributed by atoms with Crippen LogP contribution in [0.2, 0.25) is 0 Å². The predicted molar refractivity (Wildman–Crippen MR) is 131 cm³/mol. The Bertz CT molecular complexity index is 1240. The van der Waals surface area contributed by atoms with Crippen LogP contribution in [0.1, 0.15) is 36.1 Å². The van der Waals surface area contributed by atoms with Gasteiger partial charge < -0.3 is 10.2 Å². The quantitative estimate of drug-likeness (QED) is 0.454. The molecule has 1 aliphatic heterocycles. The number of pyridine rings is 1. The lowest BCUT2D eigenvalue weighted by Gasteiger charge is -2.43. The summed E-state index contributed by atoms with van der Waals surface area (Å²) in [5.41, 5.74) is -1.22. The number of alkyl halides is 3. The Morgan fingerprint density at radius 2 is 1.94 bits per heavy atom. The molecule has 0 unspecified atom stereocenters. The molecule has 6 nitrogen and oxygen atoms in total. The molecule has 0 atom stereocenters. The van der Waals surface area contributed by atoms with Gasteiger partial charge in [0.25, 0.3) is 5.91 Å². The van der Waals surface area contributed by atoms with E-state index >= 15 is 0 Å². The molecule has 4 rings (SSSR count). The molecule has 1 N–H and O–H groups in total. The van der Waals surface area contributed by atoms with Crippen molar-refractivity contribution in [1.29, 1.82) is 5.26 Å². The van der Waals surface area contributed by atoms with Crippen molar-refractivity contribution in [2.45, 2.75) is 37.4 Å². The fourth-order valence-corrected chi connectivity index (χ4v) is 4.77. The molecule has 1 aliphatic carbocycles. The average Bonchev–Trinajstić information content (AvgIpc) is 3.05. The van der Waals surface area contributed by atoms with Gasteiger partial charge in [-0.2, -0.15) is 18.4 Å². The van der Waals surface area contributed by atoms with E-state index in [-0.39, 0.29) is 16.7 Å². The van der Waals surface area contributed by atoms with Crippen LogP contribution in [-0.4, -0.2) is 28.6 Å². The van der Waals surface area contributed by atoms with E-state index in [9.17, 15) is 18.0 Å². The number of nitrogens with zero attached hydrogens (tertiary/aromatic N) is 4. The van der Waals surface area contributed by atoms with Crippen molar-refractivity contribution in [2.75, 3.05) is 16.8 Å². The van der Waals surface area contributed by atoms with Crippen LogP contribution in [0.4, 0.5) is 24.5 Å². The number of nitrogens with one attached hydrogen (secondary N) is 1. The largest absolute Gasteiger partial charge is 0.419 e. The van der Waals surface area contributed by atoms with Crippen LogP contribution in [0.25, 0.3) is 0 Å². The zero-order valence-corrected chi connectivity index (χ0v) is 19.7. The lowest BCUT2D eigenvalue weighted by atomic mass is 9.75. The maximum atomic E-state index is 13.5. The molecule has 1 saturated carbocycles. The number of nitriles is 1. The molecule has 1 aromatic heterocycles. The lowest BCUT2D eigenvalue weighted by Crippen LogP contribution is -2.55. The molecule has 2 heterocycles. The van der Waals surface area contributed by atoms with Crippen LogP contribution in [0, 0.1) is 11.3 Å². The number of thiocarbonyl (C=S) groups is 1. The maximum Gasteiger partial charge on any atom is 0.419 e. The zero-order valence-electron chi connectivity index (χ0n) is 18.8. The van der Waals surface area contributed by atoms with E-state index in [1.165, 1.54) is 6.07 Å². The van der Waals surface area contributed by atoms with Gasteiger partial charge in [0, 0.05) is 12.7 Å². The molecule has 2 aliphatic rings. The molecule has 35 heavy (non-hydrogen) atoms. The van der Waals surface area contributed by atoms with Gasteiger partial charge in [-0.05, 0) is 73.9 Å². The van der Waals surface area contributed by atoms with Crippen LogP contribution >= 0.6 is 12.2 Å². The summed E-state index contributed by atoms with van der Waals surface area (Å²) in [7, 11) is 1.82. The molecule has 2 fully saturated rings. The molecule has 180 valence electrons. The van der Waals surface area contributed by atoms with Gasteiger partial charge in [0.1, 0.15) is 11.6 Å². The Morgan fingerprint density at radius 3 is 2.51 bits per heavy atom. The summed E-state index contributed by atoms with van der Waals surface area (Å²) in [5.74, 6) is -0.378. The molecule has 1 spiro atoms. The summed E-state index contributed by atoms with van der Waals surface area (Å²) in [6, 6.07) is 9.84. The molecule has 1 amide bonds. The fourth-order valence-electron chi connectivity index (χ4n) is 4.30. The van der Waals surface area contributed by atoms with Crippen LogP contribution < -0.4 is 15.1 Å². The van der Waals surface area contributed by atoms with Crippen molar-refractivity contribution in [3.05, 3.63) is 77.8 Å². The maximum absolute atomic E-state index is 13.5. The number of amides is 1. The van der Waals surface area contributed by atoms with Crippen molar-refractivity contribution in [1.82, 2.24) is 10.3 Å². The van der Waals surface area contributed by atoms with Crippen LogP contribution in [-0.2, 0) is 17.4 Å². The van der Waals surface area contributed by atoms with E-state index in [2.05, 4.69) is 10.3 Å². The highest BCUT2D eigenvalue weighted by Crippen LogP contribution is 2.48. The molecular formula is C25H22F3N5OS. The summed E-state index contributed by atoms with van der Waals surface area (Å²) in [5, 5.41) is 12.0. The second-order valence-corrected chi connectivity index (χ2v) is 8.65. The molecule has 1 aromatic carbocycles. The Kier molecular flexibility index (Phi) is 6.63. The van der Waals surface area contributed by atoms with Gasteiger partial charge in [0.15, 0.2) is 10.8 Å². The summed E-state index contributed by atoms with van der Waals surface area (Å²) in [4.78, 5) is 20.0. The van der Waals surface area contributed by atoms with Gasteiger partial charge in [-0.3, -0.25) is 9.69 Å². The SMILES string of the molecule is CN/C=C\C=C/Cc1ccc(N2C(=S)N(c3cnc(C#N)c(C(F)(F)F)c3)C(=O)C23CCC3)cc1. The Balaban J connectivity index is 1.65. The molecule has 1 saturated heterocycles. The first-order valence-electron chi connectivity index (χ1n) is 11.0. The summed E-state index contributed by atoms with van der Waals surface area (Å²) in [6.07, 6.45) is 6.55. The summed E-state index contributed by atoms with van der Waals surface area (Å²) < 4.78 is 40.5. The van der Waals surface area contributed by atoms with E-state index < -0.39 is 23.0 Å². The molecule has 0 bridgehead atoms. The zero-order chi connectivity index (χ0) is 25.2. The summed E-state index contributed by atoms with van der Waals surface area (Å²) >= 11 is 5.63. The first-order chi connectivity index (χ1) is 16.7.